The first kappa shape index (κ1) is 22.9. The summed E-state index contributed by atoms with van der Waals surface area (Å²) in [6.07, 6.45) is 0. The third kappa shape index (κ3) is 4.21. The van der Waals surface area contributed by atoms with Gasteiger partial charge in [0.2, 0.25) is 11.7 Å². The van der Waals surface area contributed by atoms with Crippen LogP contribution in [-0.4, -0.2) is 42.3 Å². The maximum absolute atomic E-state index is 13.5. The van der Waals surface area contributed by atoms with Gasteiger partial charge in [0, 0.05) is 13.6 Å². The van der Waals surface area contributed by atoms with Crippen LogP contribution in [0.3, 0.4) is 0 Å². The number of carbonyl (C=O) groups excluding carboxylic acids is 1. The van der Waals surface area contributed by atoms with Gasteiger partial charge in [-0.05, 0) is 43.2 Å². The van der Waals surface area contributed by atoms with Crippen molar-refractivity contribution in [3.8, 4) is 5.69 Å². The Morgan fingerprint density at radius 2 is 1.66 bits per heavy atom. The molecule has 5 aromatic rings. The first-order valence-corrected chi connectivity index (χ1v) is 12.2. The summed E-state index contributed by atoms with van der Waals surface area (Å²) in [5, 5.41) is 9.54. The molecule has 0 bridgehead atoms. The normalized spacial score (nSPS) is 12.2. The molecule has 0 saturated heterocycles. The highest BCUT2D eigenvalue weighted by Crippen LogP contribution is 2.27. The van der Waals surface area contributed by atoms with E-state index in [0.717, 1.165) is 16.8 Å². The number of thioether (sulfide) groups is 1. The van der Waals surface area contributed by atoms with E-state index >= 15 is 0 Å². The van der Waals surface area contributed by atoms with Crippen molar-refractivity contribution in [2.24, 2.45) is 0 Å². The van der Waals surface area contributed by atoms with Gasteiger partial charge in [0.25, 0.3) is 5.56 Å². The van der Waals surface area contributed by atoms with E-state index in [2.05, 4.69) is 10.2 Å². The Morgan fingerprint density at radius 3 is 2.43 bits per heavy atom. The van der Waals surface area contributed by atoms with Crippen molar-refractivity contribution in [2.45, 2.75) is 30.8 Å². The summed E-state index contributed by atoms with van der Waals surface area (Å²) in [4.78, 5) is 28.4. The van der Waals surface area contributed by atoms with Gasteiger partial charge < -0.3 is 4.90 Å². The summed E-state index contributed by atoms with van der Waals surface area (Å²) >= 11 is 1.34. The van der Waals surface area contributed by atoms with E-state index < -0.39 is 5.25 Å². The minimum absolute atomic E-state index is 0.00728. The number of aromatic nitrogens is 4. The van der Waals surface area contributed by atoms with Gasteiger partial charge in [-0.15, -0.1) is 10.2 Å². The number of hydrogen-bond acceptors (Lipinski definition) is 5. The van der Waals surface area contributed by atoms with Crippen molar-refractivity contribution in [3.05, 3.63) is 100 Å². The molecule has 5 rings (SSSR count). The summed E-state index contributed by atoms with van der Waals surface area (Å²) in [5.41, 5.74) is 3.33. The zero-order valence-electron chi connectivity index (χ0n) is 19.8. The van der Waals surface area contributed by atoms with Gasteiger partial charge in [-0.1, -0.05) is 72.4 Å². The molecule has 0 saturated carbocycles. The van der Waals surface area contributed by atoms with E-state index in [1.165, 1.54) is 11.8 Å². The topological polar surface area (TPSA) is 72.5 Å². The number of hydrogen-bond donors (Lipinski definition) is 0. The molecule has 3 aromatic carbocycles. The number of benzene rings is 3. The highest BCUT2D eigenvalue weighted by atomic mass is 32.2. The predicted molar refractivity (Wildman–Crippen MR) is 139 cm³/mol. The molecule has 176 valence electrons. The first-order valence-electron chi connectivity index (χ1n) is 11.4. The molecule has 1 atom stereocenters. The fraction of sp³-hybridized carbons (Fsp3) is 0.185. The maximum atomic E-state index is 13.5. The molecule has 35 heavy (non-hydrogen) atoms. The van der Waals surface area contributed by atoms with Gasteiger partial charge in [-0.2, -0.15) is 0 Å². The first-order chi connectivity index (χ1) is 17.0. The second-order valence-electron chi connectivity index (χ2n) is 8.50. The predicted octanol–water partition coefficient (Wildman–Crippen LogP) is 4.48. The molecule has 0 N–H and O–H groups in total. The molecule has 0 radical (unpaired) electrons. The number of rotatable bonds is 6. The third-order valence-corrected chi connectivity index (χ3v) is 7.05. The number of nitrogens with zero attached hydrogens (tertiary/aromatic N) is 5. The van der Waals surface area contributed by atoms with Crippen LogP contribution in [0, 0.1) is 6.92 Å². The second-order valence-corrected chi connectivity index (χ2v) is 9.81. The van der Waals surface area contributed by atoms with E-state index in [-0.39, 0.29) is 11.5 Å². The van der Waals surface area contributed by atoms with Gasteiger partial charge in [-0.25, -0.2) is 4.57 Å². The summed E-state index contributed by atoms with van der Waals surface area (Å²) in [6, 6.07) is 25.0. The zero-order chi connectivity index (χ0) is 24.5. The van der Waals surface area contributed by atoms with Gasteiger partial charge in [0.15, 0.2) is 5.16 Å². The van der Waals surface area contributed by atoms with Gasteiger partial charge in [0.05, 0.1) is 21.8 Å². The van der Waals surface area contributed by atoms with Crippen molar-refractivity contribution in [1.29, 1.82) is 0 Å². The minimum Gasteiger partial charge on any atom is -0.340 e. The molecule has 7 nitrogen and oxygen atoms in total. The van der Waals surface area contributed by atoms with E-state index in [4.69, 9.17) is 0 Å². The van der Waals surface area contributed by atoms with E-state index in [1.54, 1.807) is 16.5 Å². The molecule has 0 aliphatic heterocycles. The van der Waals surface area contributed by atoms with Gasteiger partial charge in [0.1, 0.15) is 0 Å². The van der Waals surface area contributed by atoms with E-state index in [0.29, 0.717) is 28.4 Å². The molecule has 1 unspecified atom stereocenters. The SMILES string of the molecule is Cc1ccccc1-n1c(=O)c2ccccc2n2c(SC(C)C(=O)N(C)Cc3ccccc3)nnc12. The van der Waals surface area contributed by atoms with Crippen LogP contribution in [0.5, 0.6) is 0 Å². The molecule has 2 aromatic heterocycles. The van der Waals surface area contributed by atoms with Crippen LogP contribution < -0.4 is 5.56 Å². The molecular formula is C27H25N5O2S. The van der Waals surface area contributed by atoms with E-state index in [9.17, 15) is 9.59 Å². The Hall–Kier alpha value is -3.91. The van der Waals surface area contributed by atoms with Crippen LogP contribution in [-0.2, 0) is 11.3 Å². The molecule has 0 aliphatic carbocycles. The van der Waals surface area contributed by atoms with Crippen molar-refractivity contribution < 1.29 is 4.79 Å². The zero-order valence-corrected chi connectivity index (χ0v) is 20.6. The Balaban J connectivity index is 1.56. The summed E-state index contributed by atoms with van der Waals surface area (Å²) < 4.78 is 3.47. The van der Waals surface area contributed by atoms with Crippen molar-refractivity contribution >= 4 is 34.3 Å². The number of carbonyl (C=O) groups is 1. The third-order valence-electron chi connectivity index (χ3n) is 6.02. The molecule has 1 amide bonds. The summed E-state index contributed by atoms with van der Waals surface area (Å²) in [7, 11) is 1.81. The van der Waals surface area contributed by atoms with Gasteiger partial charge >= 0.3 is 0 Å². The fourth-order valence-corrected chi connectivity index (χ4v) is 5.21. The molecule has 2 heterocycles. The number of fused-ring (bicyclic) bond motifs is 3. The minimum atomic E-state index is -0.395. The van der Waals surface area contributed by atoms with Crippen molar-refractivity contribution in [3.63, 3.8) is 0 Å². The smallest absolute Gasteiger partial charge is 0.267 e. The molecule has 8 heteroatoms. The van der Waals surface area contributed by atoms with Crippen LogP contribution >= 0.6 is 11.8 Å². The van der Waals surface area contributed by atoms with Gasteiger partial charge in [-0.3, -0.25) is 14.0 Å². The van der Waals surface area contributed by atoms with Crippen LogP contribution in [0.1, 0.15) is 18.1 Å². The van der Waals surface area contributed by atoms with Crippen molar-refractivity contribution in [2.75, 3.05) is 7.05 Å². The highest BCUT2D eigenvalue weighted by molar-refractivity contribution is 8.00. The molecule has 0 fully saturated rings. The second kappa shape index (κ2) is 9.38. The van der Waals surface area contributed by atoms with Crippen LogP contribution in [0.4, 0.5) is 0 Å². The lowest BCUT2D eigenvalue weighted by atomic mass is 10.2. The number of amides is 1. The molecular weight excluding hydrogens is 458 g/mol. The molecule has 0 spiro atoms. The lowest BCUT2D eigenvalue weighted by molar-refractivity contribution is -0.129. The quantitative estimate of drug-likeness (QED) is 0.333. The Labute approximate surface area is 207 Å². The summed E-state index contributed by atoms with van der Waals surface area (Å²) in [6.45, 7) is 4.36. The monoisotopic (exact) mass is 483 g/mol. The standard InChI is InChI=1S/C27H25N5O2S/c1-18-11-7-9-15-22(18)31-25(34)21-14-8-10-16-23(21)32-26(31)28-29-27(32)35-19(2)24(33)30(3)17-20-12-5-4-6-13-20/h4-16,19H,17H2,1-3H3. The molecule has 0 aliphatic rings. The number of aryl methyl sites for hydroxylation is 1. The Morgan fingerprint density at radius 1 is 0.971 bits per heavy atom. The summed E-state index contributed by atoms with van der Waals surface area (Å²) in [5.74, 6) is 0.412. The van der Waals surface area contributed by atoms with Crippen LogP contribution in [0.2, 0.25) is 0 Å². The lowest BCUT2D eigenvalue weighted by Crippen LogP contribution is -2.32. The van der Waals surface area contributed by atoms with Crippen molar-refractivity contribution in [1.82, 2.24) is 24.1 Å². The largest absolute Gasteiger partial charge is 0.340 e. The Bertz CT molecular complexity index is 1590. The Kier molecular flexibility index (Phi) is 6.13. The van der Waals surface area contributed by atoms with Crippen LogP contribution in [0.25, 0.3) is 22.4 Å². The number of para-hydroxylation sites is 2. The maximum Gasteiger partial charge on any atom is 0.267 e. The lowest BCUT2D eigenvalue weighted by Gasteiger charge is -2.21. The average molecular weight is 484 g/mol. The highest BCUT2D eigenvalue weighted by Gasteiger charge is 2.24. The average Bonchev–Trinajstić information content (AvgIpc) is 3.28. The van der Waals surface area contributed by atoms with Crippen LogP contribution in [0.15, 0.2) is 88.8 Å². The fourth-order valence-electron chi connectivity index (χ4n) is 4.24. The van der Waals surface area contributed by atoms with E-state index in [1.807, 2.05) is 97.1 Å².